The Morgan fingerprint density at radius 2 is 2.17 bits per heavy atom. The number of aromatic nitrogens is 2. The van der Waals surface area contributed by atoms with E-state index < -0.39 is 0 Å². The number of hydrogen-bond donors (Lipinski definition) is 2. The number of benzene rings is 1. The Morgan fingerprint density at radius 1 is 1.33 bits per heavy atom. The van der Waals surface area contributed by atoms with Gasteiger partial charge in [-0.15, -0.1) is 0 Å². The van der Waals surface area contributed by atoms with E-state index in [9.17, 15) is 0 Å². The van der Waals surface area contributed by atoms with Gasteiger partial charge in [-0.1, -0.05) is 26.0 Å². The highest BCUT2D eigenvalue weighted by molar-refractivity contribution is 5.90. The summed E-state index contributed by atoms with van der Waals surface area (Å²) >= 11 is 0. The highest BCUT2D eigenvalue weighted by atomic mass is 15.1. The number of nitrogen functional groups attached to an aromatic ring is 1. The van der Waals surface area contributed by atoms with Gasteiger partial charge in [0.15, 0.2) is 5.82 Å². The van der Waals surface area contributed by atoms with Gasteiger partial charge in [-0.2, -0.15) is 5.10 Å². The number of anilines is 1. The maximum Gasteiger partial charge on any atom is 0.153 e. The molecular weight excluding hydrogens is 222 g/mol. The number of nitrogens with zero attached hydrogens (tertiary/aromatic N) is 1. The molecule has 94 valence electrons. The van der Waals surface area contributed by atoms with Crippen LogP contribution < -0.4 is 5.73 Å². The number of rotatable bonds is 1. The Hall–Kier alpha value is -1.77. The zero-order chi connectivity index (χ0) is 12.8. The fraction of sp³-hybridized carbons (Fsp3) is 0.400. The number of hydrogen-bond acceptors (Lipinski definition) is 2. The molecule has 1 aliphatic rings. The normalized spacial score (nSPS) is 18.9. The fourth-order valence-electron chi connectivity index (χ4n) is 2.58. The largest absolute Gasteiger partial charge is 0.382 e. The molecule has 0 saturated heterocycles. The third-order valence-electron chi connectivity index (χ3n) is 3.94. The van der Waals surface area contributed by atoms with Crippen LogP contribution in [0.4, 0.5) is 5.82 Å². The number of allylic oxidation sites excluding steroid dienone is 2. The van der Waals surface area contributed by atoms with Crippen LogP contribution in [0.3, 0.4) is 0 Å². The van der Waals surface area contributed by atoms with E-state index in [0.29, 0.717) is 11.2 Å². The van der Waals surface area contributed by atoms with Gasteiger partial charge in [-0.05, 0) is 47.9 Å². The monoisotopic (exact) mass is 241 g/mol. The third kappa shape index (κ3) is 1.90. The molecule has 0 atom stereocenters. The lowest BCUT2D eigenvalue weighted by Crippen LogP contribution is -2.13. The van der Waals surface area contributed by atoms with E-state index in [4.69, 9.17) is 5.73 Å². The first-order chi connectivity index (χ1) is 8.55. The van der Waals surface area contributed by atoms with Crippen LogP contribution in [0.2, 0.25) is 0 Å². The Kier molecular flexibility index (Phi) is 2.44. The first-order valence-electron chi connectivity index (χ1n) is 6.48. The molecule has 0 saturated carbocycles. The van der Waals surface area contributed by atoms with Crippen molar-refractivity contribution in [2.45, 2.75) is 33.1 Å². The van der Waals surface area contributed by atoms with Gasteiger partial charge >= 0.3 is 0 Å². The topological polar surface area (TPSA) is 54.7 Å². The molecule has 3 heteroatoms. The second-order valence-electron chi connectivity index (χ2n) is 5.97. The van der Waals surface area contributed by atoms with Gasteiger partial charge in [0.25, 0.3) is 0 Å². The third-order valence-corrected chi connectivity index (χ3v) is 3.94. The van der Waals surface area contributed by atoms with E-state index in [-0.39, 0.29) is 0 Å². The minimum absolute atomic E-state index is 0.450. The number of aromatic amines is 1. The number of H-pyrrole nitrogens is 1. The molecule has 0 radical (unpaired) electrons. The van der Waals surface area contributed by atoms with Gasteiger partial charge in [0.05, 0.1) is 5.52 Å². The second-order valence-corrected chi connectivity index (χ2v) is 5.97. The summed E-state index contributed by atoms with van der Waals surface area (Å²) < 4.78 is 0. The predicted molar refractivity (Wildman–Crippen MR) is 76.1 cm³/mol. The average Bonchev–Trinajstić information content (AvgIpc) is 2.71. The quantitative estimate of drug-likeness (QED) is 0.799. The van der Waals surface area contributed by atoms with E-state index in [1.165, 1.54) is 17.6 Å². The Bertz CT molecular complexity index is 620. The van der Waals surface area contributed by atoms with E-state index in [2.05, 4.69) is 48.3 Å². The van der Waals surface area contributed by atoms with Gasteiger partial charge < -0.3 is 5.73 Å². The number of fused-ring (bicyclic) bond motifs is 1. The molecule has 3 N–H and O–H groups in total. The Morgan fingerprint density at radius 3 is 2.89 bits per heavy atom. The van der Waals surface area contributed by atoms with Crippen molar-refractivity contribution in [3.8, 4) is 0 Å². The van der Waals surface area contributed by atoms with Crippen molar-refractivity contribution in [1.82, 2.24) is 10.2 Å². The van der Waals surface area contributed by atoms with Gasteiger partial charge in [-0.25, -0.2) is 0 Å². The van der Waals surface area contributed by atoms with Crippen LogP contribution in [0.5, 0.6) is 0 Å². The summed E-state index contributed by atoms with van der Waals surface area (Å²) in [5.74, 6) is 0.579. The molecule has 1 aromatic carbocycles. The van der Waals surface area contributed by atoms with Crippen LogP contribution in [-0.4, -0.2) is 10.2 Å². The van der Waals surface area contributed by atoms with Crippen molar-refractivity contribution < 1.29 is 0 Å². The molecule has 2 aromatic rings. The first kappa shape index (κ1) is 11.3. The van der Waals surface area contributed by atoms with Gasteiger partial charge in [-0.3, -0.25) is 5.10 Å². The lowest BCUT2D eigenvalue weighted by molar-refractivity contribution is 0.335. The summed E-state index contributed by atoms with van der Waals surface area (Å²) in [7, 11) is 0. The first-order valence-corrected chi connectivity index (χ1v) is 6.48. The molecule has 3 nitrogen and oxygen atoms in total. The van der Waals surface area contributed by atoms with Crippen molar-refractivity contribution in [1.29, 1.82) is 0 Å². The van der Waals surface area contributed by atoms with Crippen molar-refractivity contribution in [2.75, 3.05) is 5.73 Å². The molecule has 3 rings (SSSR count). The van der Waals surface area contributed by atoms with Crippen LogP contribution in [0.25, 0.3) is 16.5 Å². The molecule has 1 aromatic heterocycles. The van der Waals surface area contributed by atoms with Crippen molar-refractivity contribution >= 4 is 22.3 Å². The van der Waals surface area contributed by atoms with Gasteiger partial charge in [0.2, 0.25) is 0 Å². The van der Waals surface area contributed by atoms with E-state index >= 15 is 0 Å². The minimum atomic E-state index is 0.450. The molecule has 18 heavy (non-hydrogen) atoms. The smallest absolute Gasteiger partial charge is 0.153 e. The Balaban J connectivity index is 1.98. The number of nitrogens with two attached hydrogens (primary N) is 1. The highest BCUT2D eigenvalue weighted by Gasteiger charge is 2.22. The summed E-state index contributed by atoms with van der Waals surface area (Å²) in [5.41, 5.74) is 10.00. The van der Waals surface area contributed by atoms with Crippen molar-refractivity contribution in [3.63, 3.8) is 0 Å². The van der Waals surface area contributed by atoms with Crippen molar-refractivity contribution in [2.24, 2.45) is 5.41 Å². The van der Waals surface area contributed by atoms with E-state index in [1.807, 2.05) is 0 Å². The van der Waals surface area contributed by atoms with Crippen LogP contribution in [0, 0.1) is 5.41 Å². The molecule has 0 spiro atoms. The summed E-state index contributed by atoms with van der Waals surface area (Å²) in [6.45, 7) is 4.66. The molecule has 0 amide bonds. The van der Waals surface area contributed by atoms with Crippen molar-refractivity contribution in [3.05, 3.63) is 29.8 Å². The summed E-state index contributed by atoms with van der Waals surface area (Å²) in [6, 6.07) is 6.37. The second kappa shape index (κ2) is 3.87. The van der Waals surface area contributed by atoms with Crippen LogP contribution in [0.15, 0.2) is 24.3 Å². The lowest BCUT2D eigenvalue weighted by atomic mass is 9.77. The molecule has 0 aliphatic heterocycles. The summed E-state index contributed by atoms with van der Waals surface area (Å²) in [5, 5.41) is 8.03. The van der Waals surface area contributed by atoms with E-state index in [0.717, 1.165) is 23.7 Å². The average molecular weight is 241 g/mol. The summed E-state index contributed by atoms with van der Waals surface area (Å²) in [4.78, 5) is 0. The van der Waals surface area contributed by atoms with Crippen LogP contribution in [-0.2, 0) is 0 Å². The zero-order valence-corrected chi connectivity index (χ0v) is 11.0. The molecule has 1 aliphatic carbocycles. The highest BCUT2D eigenvalue weighted by Crippen LogP contribution is 2.38. The fourth-order valence-corrected chi connectivity index (χ4v) is 2.58. The lowest BCUT2D eigenvalue weighted by Gasteiger charge is -2.28. The van der Waals surface area contributed by atoms with E-state index in [1.54, 1.807) is 0 Å². The maximum atomic E-state index is 5.78. The Labute approximate surface area is 107 Å². The molecule has 0 bridgehead atoms. The number of nitrogens with one attached hydrogen (secondary N) is 1. The zero-order valence-electron chi connectivity index (χ0n) is 11.0. The minimum Gasteiger partial charge on any atom is -0.382 e. The summed E-state index contributed by atoms with van der Waals surface area (Å²) in [6.07, 6.45) is 5.94. The molecule has 1 heterocycles. The SMILES string of the molecule is CC1(C)CC=C(c2ccc3c(N)n[nH]c3c2)CC1. The standard InChI is InChI=1S/C15H19N3/c1-15(2)7-5-10(6-8-15)11-3-4-12-13(9-11)17-18-14(12)16/h3-5,9H,6-8H2,1-2H3,(H3,16,17,18). The molecular formula is C15H19N3. The van der Waals surface area contributed by atoms with Crippen LogP contribution >= 0.6 is 0 Å². The maximum absolute atomic E-state index is 5.78. The van der Waals surface area contributed by atoms with Crippen LogP contribution in [0.1, 0.15) is 38.7 Å². The predicted octanol–water partition coefficient (Wildman–Crippen LogP) is 3.74. The molecule has 0 unspecified atom stereocenters. The molecule has 0 fully saturated rings. The van der Waals surface area contributed by atoms with Gasteiger partial charge in [0, 0.05) is 5.39 Å². The van der Waals surface area contributed by atoms with Gasteiger partial charge in [0.1, 0.15) is 0 Å².